The fraction of sp³-hybridized carbons (Fsp3) is 0.259. The molecule has 0 spiro atoms. The number of ether oxygens (including phenoxy) is 1. The molecule has 0 unspecified atom stereocenters. The zero-order chi connectivity index (χ0) is 25.9. The summed E-state index contributed by atoms with van der Waals surface area (Å²) < 4.78 is 5.25. The Morgan fingerprint density at radius 1 is 1.22 bits per heavy atom. The monoisotopic (exact) mass is 534 g/mol. The van der Waals surface area contributed by atoms with Crippen molar-refractivity contribution in [3.63, 3.8) is 0 Å². The summed E-state index contributed by atoms with van der Waals surface area (Å²) in [6, 6.07) is 11.2. The van der Waals surface area contributed by atoms with Crippen molar-refractivity contribution in [3.8, 4) is 26.8 Å². The third-order valence-electron chi connectivity index (χ3n) is 6.25. The number of hydrogen-bond acceptors (Lipinski definition) is 7. The molecule has 37 heavy (non-hydrogen) atoms. The van der Waals surface area contributed by atoms with Gasteiger partial charge in [0.1, 0.15) is 10.8 Å². The number of carboxylic acids is 1. The summed E-state index contributed by atoms with van der Waals surface area (Å²) in [7, 11) is 1.59. The van der Waals surface area contributed by atoms with Gasteiger partial charge in [0.25, 0.3) is 0 Å². The van der Waals surface area contributed by atoms with Gasteiger partial charge in [-0.25, -0.2) is 19.6 Å². The molecule has 0 bridgehead atoms. The summed E-state index contributed by atoms with van der Waals surface area (Å²) in [4.78, 5) is 36.4. The third kappa shape index (κ3) is 5.07. The Hall–Kier alpha value is -3.76. The predicted octanol–water partition coefficient (Wildman–Crippen LogP) is 6.58. The molecule has 5 rings (SSSR count). The van der Waals surface area contributed by atoms with Gasteiger partial charge in [0.05, 0.1) is 12.0 Å². The highest BCUT2D eigenvalue weighted by molar-refractivity contribution is 7.18. The van der Waals surface area contributed by atoms with Crippen LogP contribution in [0.1, 0.15) is 41.4 Å². The fourth-order valence-electron chi connectivity index (χ4n) is 4.53. The largest absolute Gasteiger partial charge is 0.497 e. The highest BCUT2D eigenvalue weighted by Gasteiger charge is 2.27. The molecular weight excluding hydrogens is 508 g/mol. The highest BCUT2D eigenvalue weighted by Crippen LogP contribution is 2.41. The number of fused-ring (bicyclic) bond motifs is 1. The molecule has 1 aliphatic rings. The number of aromatic nitrogens is 2. The molecule has 0 aliphatic carbocycles. The van der Waals surface area contributed by atoms with Crippen LogP contribution < -0.4 is 15.0 Å². The maximum absolute atomic E-state index is 13.2. The van der Waals surface area contributed by atoms with E-state index < -0.39 is 5.97 Å². The topological polar surface area (TPSA) is 105 Å². The average Bonchev–Trinajstić information content (AvgIpc) is 3.58. The second-order valence-corrected chi connectivity index (χ2v) is 10.5. The fourth-order valence-corrected chi connectivity index (χ4v) is 6.16. The van der Waals surface area contributed by atoms with E-state index in [1.54, 1.807) is 30.3 Å². The van der Waals surface area contributed by atoms with E-state index in [-0.39, 0.29) is 11.7 Å². The van der Waals surface area contributed by atoms with Crippen molar-refractivity contribution in [2.45, 2.75) is 32.6 Å². The second kappa shape index (κ2) is 10.7. The summed E-state index contributed by atoms with van der Waals surface area (Å²) in [5.41, 5.74) is 4.69. The standard InChI is InChI=1S/C27H26N4O4S2/c1-3-5-17-14-18-6-4-12-31(27(34)30-26-28-11-13-36-26)21(18)15-20(17)24-29-22(25(32)33)23(37-24)16-7-9-19(35-2)10-8-16/h7-11,13-15H,3-6,12H2,1-2H3,(H,32,33)(H,28,30,34). The second-order valence-electron chi connectivity index (χ2n) is 8.64. The van der Waals surface area contributed by atoms with E-state index in [2.05, 4.69) is 28.3 Å². The van der Waals surface area contributed by atoms with Gasteiger partial charge in [0.15, 0.2) is 10.8 Å². The van der Waals surface area contributed by atoms with Gasteiger partial charge in [0.2, 0.25) is 0 Å². The smallest absolute Gasteiger partial charge is 0.356 e. The number of methoxy groups -OCH3 is 1. The van der Waals surface area contributed by atoms with E-state index in [4.69, 9.17) is 4.74 Å². The Bertz CT molecular complexity index is 1430. The number of aryl methyl sites for hydroxylation is 2. The van der Waals surface area contributed by atoms with E-state index in [0.29, 0.717) is 27.3 Å². The number of urea groups is 1. The molecular formula is C27H26N4O4S2. The number of hydrogen-bond donors (Lipinski definition) is 2. The number of benzene rings is 2. The summed E-state index contributed by atoms with van der Waals surface area (Å²) in [6.45, 7) is 2.70. The minimum absolute atomic E-state index is 0.0173. The third-order valence-corrected chi connectivity index (χ3v) is 8.07. The first-order chi connectivity index (χ1) is 18.0. The highest BCUT2D eigenvalue weighted by atomic mass is 32.1. The van der Waals surface area contributed by atoms with Gasteiger partial charge in [-0.2, -0.15) is 0 Å². The molecule has 3 heterocycles. The Balaban J connectivity index is 1.59. The van der Waals surface area contributed by atoms with Crippen molar-refractivity contribution in [1.29, 1.82) is 0 Å². The number of thiazole rings is 2. The van der Waals surface area contributed by atoms with Gasteiger partial charge < -0.3 is 9.84 Å². The number of carbonyl (C=O) groups excluding carboxylic acids is 1. The number of carbonyl (C=O) groups is 2. The number of amides is 2. The number of nitrogens with zero attached hydrogens (tertiary/aromatic N) is 3. The van der Waals surface area contributed by atoms with Crippen molar-refractivity contribution in [1.82, 2.24) is 9.97 Å². The van der Waals surface area contributed by atoms with Crippen LogP contribution in [0.5, 0.6) is 5.75 Å². The molecule has 0 radical (unpaired) electrons. The van der Waals surface area contributed by atoms with Crippen LogP contribution in [0.4, 0.5) is 15.6 Å². The molecule has 8 nitrogen and oxygen atoms in total. The van der Waals surface area contributed by atoms with E-state index in [0.717, 1.165) is 53.6 Å². The van der Waals surface area contributed by atoms with Crippen molar-refractivity contribution in [3.05, 3.63) is 64.8 Å². The van der Waals surface area contributed by atoms with Crippen LogP contribution in [0.25, 0.3) is 21.0 Å². The molecule has 2 amide bonds. The Morgan fingerprint density at radius 2 is 2.03 bits per heavy atom. The van der Waals surface area contributed by atoms with Gasteiger partial charge in [-0.1, -0.05) is 19.4 Å². The summed E-state index contributed by atoms with van der Waals surface area (Å²) in [5.74, 6) is -0.380. The van der Waals surface area contributed by atoms with Gasteiger partial charge in [-0.05, 0) is 66.3 Å². The molecule has 10 heteroatoms. The van der Waals surface area contributed by atoms with Gasteiger partial charge in [0, 0.05) is 29.4 Å². The van der Waals surface area contributed by atoms with Crippen LogP contribution in [0.2, 0.25) is 0 Å². The number of nitrogens with one attached hydrogen (secondary N) is 1. The Kier molecular flexibility index (Phi) is 7.20. The first-order valence-corrected chi connectivity index (χ1v) is 13.7. The minimum atomic E-state index is -1.08. The summed E-state index contributed by atoms with van der Waals surface area (Å²) in [6.07, 6.45) is 5.16. The molecule has 2 N–H and O–H groups in total. The molecule has 0 fully saturated rings. The molecule has 190 valence electrons. The number of aromatic carboxylic acids is 1. The van der Waals surface area contributed by atoms with E-state index in [9.17, 15) is 14.7 Å². The molecule has 2 aromatic heterocycles. The maximum atomic E-state index is 13.2. The first-order valence-electron chi connectivity index (χ1n) is 12.0. The average molecular weight is 535 g/mol. The number of carboxylic acid groups (broad SMARTS) is 1. The maximum Gasteiger partial charge on any atom is 0.356 e. The van der Waals surface area contributed by atoms with Crippen LogP contribution >= 0.6 is 22.7 Å². The van der Waals surface area contributed by atoms with Crippen LogP contribution in [0.15, 0.2) is 48.0 Å². The zero-order valence-corrected chi connectivity index (χ0v) is 22.1. The molecule has 1 aliphatic heterocycles. The number of anilines is 2. The van der Waals surface area contributed by atoms with Crippen LogP contribution in [0, 0.1) is 0 Å². The zero-order valence-electron chi connectivity index (χ0n) is 20.5. The van der Waals surface area contributed by atoms with E-state index in [1.165, 1.54) is 22.7 Å². The summed E-state index contributed by atoms with van der Waals surface area (Å²) >= 11 is 2.72. The van der Waals surface area contributed by atoms with Gasteiger partial charge in [-0.3, -0.25) is 10.2 Å². The van der Waals surface area contributed by atoms with Gasteiger partial charge in [-0.15, -0.1) is 22.7 Å². The molecule has 0 atom stereocenters. The lowest BCUT2D eigenvalue weighted by molar-refractivity contribution is 0.0692. The predicted molar refractivity (Wildman–Crippen MR) is 147 cm³/mol. The lowest BCUT2D eigenvalue weighted by atomic mass is 9.93. The van der Waals surface area contributed by atoms with Crippen LogP contribution in [0.3, 0.4) is 0 Å². The lowest BCUT2D eigenvalue weighted by Gasteiger charge is -2.30. The van der Waals surface area contributed by atoms with Crippen molar-refractivity contribution < 1.29 is 19.4 Å². The lowest BCUT2D eigenvalue weighted by Crippen LogP contribution is -2.38. The number of rotatable bonds is 7. The molecule has 2 aromatic carbocycles. The van der Waals surface area contributed by atoms with Crippen molar-refractivity contribution in [2.75, 3.05) is 23.9 Å². The summed E-state index contributed by atoms with van der Waals surface area (Å²) in [5, 5.41) is 15.8. The van der Waals surface area contributed by atoms with Crippen molar-refractivity contribution >= 4 is 45.5 Å². The van der Waals surface area contributed by atoms with Crippen LogP contribution in [-0.2, 0) is 12.8 Å². The normalized spacial score (nSPS) is 12.8. The van der Waals surface area contributed by atoms with Gasteiger partial charge >= 0.3 is 12.0 Å². The molecule has 4 aromatic rings. The van der Waals surface area contributed by atoms with Crippen molar-refractivity contribution in [2.24, 2.45) is 0 Å². The Morgan fingerprint density at radius 3 is 2.70 bits per heavy atom. The first kappa shape index (κ1) is 24.9. The van der Waals surface area contributed by atoms with E-state index in [1.807, 2.05) is 23.6 Å². The minimum Gasteiger partial charge on any atom is -0.497 e. The molecule has 0 saturated heterocycles. The quantitative estimate of drug-likeness (QED) is 0.278. The van der Waals surface area contributed by atoms with Crippen LogP contribution in [-0.4, -0.2) is 40.7 Å². The SMILES string of the molecule is CCCc1cc2c(cc1-c1nc(C(=O)O)c(-c3ccc(OC)cc3)s1)N(C(=O)Nc1nccs1)CCC2. The van der Waals surface area contributed by atoms with E-state index >= 15 is 0 Å². The molecule has 0 saturated carbocycles. The Labute approximate surface area is 222 Å².